The van der Waals surface area contributed by atoms with Gasteiger partial charge in [-0.3, -0.25) is 0 Å². The monoisotopic (exact) mass is 307 g/mol. The van der Waals surface area contributed by atoms with Crippen molar-refractivity contribution >= 4 is 23.5 Å². The van der Waals surface area contributed by atoms with E-state index in [1.54, 1.807) is 7.11 Å². The highest BCUT2D eigenvalue weighted by Crippen LogP contribution is 2.17. The molecule has 0 atom stereocenters. The number of ether oxygens (including phenoxy) is 1. The van der Waals surface area contributed by atoms with Crippen LogP contribution in [0.4, 0.5) is 11.9 Å². The van der Waals surface area contributed by atoms with Gasteiger partial charge in [-0.15, -0.1) is 0 Å². The molecule has 0 aliphatic heterocycles. The Morgan fingerprint density at radius 1 is 1.29 bits per heavy atom. The highest BCUT2D eigenvalue weighted by molar-refractivity contribution is 6.28. The van der Waals surface area contributed by atoms with Crippen LogP contribution in [-0.4, -0.2) is 35.7 Å². The van der Waals surface area contributed by atoms with E-state index in [-0.39, 0.29) is 5.28 Å². The van der Waals surface area contributed by atoms with Crippen molar-refractivity contribution in [3.63, 3.8) is 0 Å². The van der Waals surface area contributed by atoms with Crippen molar-refractivity contribution in [1.82, 2.24) is 15.0 Å². The minimum atomic E-state index is 0.174. The smallest absolute Gasteiger partial charge is 0.231 e. The molecule has 0 fully saturated rings. The number of methoxy groups -OCH3 is 1. The summed E-state index contributed by atoms with van der Waals surface area (Å²) in [5.41, 5.74) is 1.10. The Balaban J connectivity index is 2.17. The zero-order chi connectivity index (χ0) is 15.2. The maximum absolute atomic E-state index is 5.93. The second kappa shape index (κ2) is 7.08. The quantitative estimate of drug-likeness (QED) is 0.885. The molecule has 0 aliphatic rings. The summed E-state index contributed by atoms with van der Waals surface area (Å²) in [7, 11) is 3.55. The lowest BCUT2D eigenvalue weighted by Crippen LogP contribution is -2.20. The minimum Gasteiger partial charge on any atom is -0.497 e. The Morgan fingerprint density at radius 2 is 2.10 bits per heavy atom. The highest BCUT2D eigenvalue weighted by Gasteiger charge is 2.10. The van der Waals surface area contributed by atoms with Gasteiger partial charge in [-0.2, -0.15) is 15.0 Å². The SMILES string of the molecule is CCNc1nc(Cl)nc(N(C)Cc2cccc(OC)c2)n1. The zero-order valence-corrected chi connectivity index (χ0v) is 13.1. The van der Waals surface area contributed by atoms with E-state index in [9.17, 15) is 0 Å². The van der Waals surface area contributed by atoms with Crippen LogP contribution in [0.25, 0.3) is 0 Å². The minimum absolute atomic E-state index is 0.174. The predicted octanol–water partition coefficient (Wildman–Crippen LogP) is 2.60. The second-order valence-electron chi connectivity index (χ2n) is 4.47. The fourth-order valence-electron chi connectivity index (χ4n) is 1.86. The number of anilines is 2. The van der Waals surface area contributed by atoms with Crippen LogP contribution in [0.2, 0.25) is 5.28 Å². The van der Waals surface area contributed by atoms with Gasteiger partial charge in [0.05, 0.1) is 7.11 Å². The predicted molar refractivity (Wildman–Crippen MR) is 84.1 cm³/mol. The number of hydrogen-bond donors (Lipinski definition) is 1. The van der Waals surface area contributed by atoms with E-state index in [4.69, 9.17) is 16.3 Å². The number of nitrogens with zero attached hydrogens (tertiary/aromatic N) is 4. The second-order valence-corrected chi connectivity index (χ2v) is 4.80. The first-order chi connectivity index (χ1) is 10.1. The van der Waals surface area contributed by atoms with Crippen LogP contribution in [0.15, 0.2) is 24.3 Å². The largest absolute Gasteiger partial charge is 0.497 e. The van der Waals surface area contributed by atoms with Crippen molar-refractivity contribution in [2.24, 2.45) is 0 Å². The molecule has 0 spiro atoms. The number of nitrogens with one attached hydrogen (secondary N) is 1. The Labute approximate surface area is 129 Å². The van der Waals surface area contributed by atoms with Crippen molar-refractivity contribution in [2.75, 3.05) is 30.9 Å². The maximum atomic E-state index is 5.93. The molecular weight excluding hydrogens is 290 g/mol. The van der Waals surface area contributed by atoms with E-state index in [2.05, 4.69) is 20.3 Å². The number of benzene rings is 1. The fourth-order valence-corrected chi connectivity index (χ4v) is 2.02. The fraction of sp³-hybridized carbons (Fsp3) is 0.357. The van der Waals surface area contributed by atoms with Gasteiger partial charge >= 0.3 is 0 Å². The molecule has 7 heteroatoms. The normalized spacial score (nSPS) is 10.3. The van der Waals surface area contributed by atoms with Crippen molar-refractivity contribution in [2.45, 2.75) is 13.5 Å². The number of hydrogen-bond acceptors (Lipinski definition) is 6. The van der Waals surface area contributed by atoms with E-state index in [1.165, 1.54) is 0 Å². The van der Waals surface area contributed by atoms with Crippen molar-refractivity contribution in [1.29, 1.82) is 0 Å². The number of aromatic nitrogens is 3. The van der Waals surface area contributed by atoms with Gasteiger partial charge in [0.15, 0.2) is 0 Å². The van der Waals surface area contributed by atoms with Crippen molar-refractivity contribution < 1.29 is 4.74 Å². The third kappa shape index (κ3) is 4.19. The van der Waals surface area contributed by atoms with Gasteiger partial charge in [-0.25, -0.2) is 0 Å². The van der Waals surface area contributed by atoms with Gasteiger partial charge in [0.1, 0.15) is 5.75 Å². The summed E-state index contributed by atoms with van der Waals surface area (Å²) in [5.74, 6) is 1.82. The molecule has 0 radical (unpaired) electrons. The van der Waals surface area contributed by atoms with Crippen LogP contribution in [-0.2, 0) is 6.54 Å². The summed E-state index contributed by atoms with van der Waals surface area (Å²) < 4.78 is 5.22. The third-order valence-corrected chi connectivity index (χ3v) is 3.00. The summed E-state index contributed by atoms with van der Waals surface area (Å²) in [6.07, 6.45) is 0. The van der Waals surface area contributed by atoms with Crippen molar-refractivity contribution in [3.05, 3.63) is 35.1 Å². The average Bonchev–Trinajstić information content (AvgIpc) is 2.47. The molecule has 2 aromatic rings. The molecule has 21 heavy (non-hydrogen) atoms. The highest BCUT2D eigenvalue weighted by atomic mass is 35.5. The first-order valence-electron chi connectivity index (χ1n) is 6.62. The summed E-state index contributed by atoms with van der Waals surface area (Å²) in [4.78, 5) is 14.4. The Bertz CT molecular complexity index is 608. The molecule has 6 nitrogen and oxygen atoms in total. The van der Waals surface area contributed by atoms with Gasteiger partial charge in [-0.1, -0.05) is 12.1 Å². The Morgan fingerprint density at radius 3 is 2.81 bits per heavy atom. The first-order valence-corrected chi connectivity index (χ1v) is 6.99. The van der Waals surface area contributed by atoms with Crippen LogP contribution in [0.5, 0.6) is 5.75 Å². The lowest BCUT2D eigenvalue weighted by Gasteiger charge is -2.18. The van der Waals surface area contributed by atoms with Crippen LogP contribution in [0.1, 0.15) is 12.5 Å². The van der Waals surface area contributed by atoms with Gasteiger partial charge in [0, 0.05) is 20.1 Å². The molecule has 1 aromatic carbocycles. The van der Waals surface area contributed by atoms with Crippen LogP contribution < -0.4 is 15.0 Å². The molecule has 2 rings (SSSR count). The average molecular weight is 308 g/mol. The lowest BCUT2D eigenvalue weighted by molar-refractivity contribution is 0.414. The van der Waals surface area contributed by atoms with Crippen LogP contribution >= 0.6 is 11.6 Å². The van der Waals surface area contributed by atoms with Crippen molar-refractivity contribution in [3.8, 4) is 5.75 Å². The summed E-state index contributed by atoms with van der Waals surface area (Å²) in [6.45, 7) is 3.33. The van der Waals surface area contributed by atoms with Gasteiger partial charge in [0.2, 0.25) is 17.2 Å². The summed E-state index contributed by atoms with van der Waals surface area (Å²) in [5, 5.41) is 3.21. The topological polar surface area (TPSA) is 63.2 Å². The van der Waals surface area contributed by atoms with Crippen LogP contribution in [0, 0.1) is 0 Å². The number of halogens is 1. The Hall–Kier alpha value is -2.08. The maximum Gasteiger partial charge on any atom is 0.231 e. The van der Waals surface area contributed by atoms with E-state index in [1.807, 2.05) is 43.1 Å². The summed E-state index contributed by atoms with van der Waals surface area (Å²) >= 11 is 5.93. The number of rotatable bonds is 6. The molecule has 1 N–H and O–H groups in total. The van der Waals surface area contributed by atoms with E-state index < -0.39 is 0 Å². The molecule has 0 unspecified atom stereocenters. The molecule has 112 valence electrons. The molecular formula is C14H18ClN5O. The first kappa shape index (κ1) is 15.3. The standard InChI is InChI=1S/C14H18ClN5O/c1-4-16-13-17-12(15)18-14(19-13)20(2)9-10-6-5-7-11(8-10)21-3/h5-8H,4,9H2,1-3H3,(H,16,17,18,19). The van der Waals surface area contributed by atoms with Gasteiger partial charge in [0.25, 0.3) is 0 Å². The molecule has 0 bridgehead atoms. The molecule has 1 heterocycles. The molecule has 1 aromatic heterocycles. The zero-order valence-electron chi connectivity index (χ0n) is 12.3. The molecule has 0 saturated heterocycles. The van der Waals surface area contributed by atoms with Gasteiger partial charge in [-0.05, 0) is 36.2 Å². The third-order valence-electron chi connectivity index (χ3n) is 2.83. The molecule has 0 saturated carbocycles. The molecule has 0 aliphatic carbocycles. The van der Waals surface area contributed by atoms with E-state index in [0.29, 0.717) is 18.4 Å². The van der Waals surface area contributed by atoms with Gasteiger partial charge < -0.3 is 15.0 Å². The van der Waals surface area contributed by atoms with Crippen LogP contribution in [0.3, 0.4) is 0 Å². The molecule has 0 amide bonds. The van der Waals surface area contributed by atoms with E-state index >= 15 is 0 Å². The van der Waals surface area contributed by atoms with E-state index in [0.717, 1.165) is 17.9 Å². The summed E-state index contributed by atoms with van der Waals surface area (Å²) in [6, 6.07) is 7.86. The lowest BCUT2D eigenvalue weighted by atomic mass is 10.2. The Kier molecular flexibility index (Phi) is 5.16.